The molecular formula is C17H23N3O2. The summed E-state index contributed by atoms with van der Waals surface area (Å²) < 4.78 is 5.26. The van der Waals surface area contributed by atoms with Crippen LogP contribution in [0.1, 0.15) is 25.5 Å². The van der Waals surface area contributed by atoms with Crippen LogP contribution in [0.25, 0.3) is 10.9 Å². The maximum Gasteiger partial charge on any atom is 0.319 e. The molecule has 5 heteroatoms. The van der Waals surface area contributed by atoms with Crippen molar-refractivity contribution in [1.82, 2.24) is 10.3 Å². The number of urea groups is 1. The molecule has 2 N–H and O–H groups in total. The number of amides is 2. The van der Waals surface area contributed by atoms with Crippen molar-refractivity contribution in [3.63, 3.8) is 0 Å². The number of hydrogen-bond acceptors (Lipinski definition) is 3. The Bertz CT molecular complexity index is 628. The monoisotopic (exact) mass is 301 g/mol. The number of unbranched alkanes of at least 4 members (excludes halogenated alkanes) is 1. The van der Waals surface area contributed by atoms with E-state index in [1.807, 2.05) is 44.2 Å². The number of nitrogens with zero attached hydrogens (tertiary/aromatic N) is 1. The Labute approximate surface area is 131 Å². The maximum atomic E-state index is 11.9. The van der Waals surface area contributed by atoms with Crippen LogP contribution >= 0.6 is 0 Å². The van der Waals surface area contributed by atoms with E-state index >= 15 is 0 Å². The third-order valence-corrected chi connectivity index (χ3v) is 3.31. The summed E-state index contributed by atoms with van der Waals surface area (Å²) >= 11 is 0. The first-order chi connectivity index (χ1) is 10.7. The number of ether oxygens (including phenoxy) is 1. The minimum absolute atomic E-state index is 0.202. The van der Waals surface area contributed by atoms with Gasteiger partial charge in [-0.25, -0.2) is 4.79 Å². The minimum atomic E-state index is -0.202. The van der Waals surface area contributed by atoms with Crippen LogP contribution < -0.4 is 10.6 Å². The number of carbonyl (C=O) groups excluding carboxylic acids is 1. The van der Waals surface area contributed by atoms with E-state index in [1.54, 1.807) is 0 Å². The normalized spacial score (nSPS) is 10.6. The van der Waals surface area contributed by atoms with Gasteiger partial charge in [-0.2, -0.15) is 0 Å². The third kappa shape index (κ3) is 4.70. The quantitative estimate of drug-likeness (QED) is 0.770. The summed E-state index contributed by atoms with van der Waals surface area (Å²) in [6.45, 7) is 6.03. The molecule has 0 saturated carbocycles. The second-order valence-corrected chi connectivity index (χ2v) is 5.11. The Balaban J connectivity index is 1.88. The predicted molar refractivity (Wildman–Crippen MR) is 89.2 cm³/mol. The van der Waals surface area contributed by atoms with E-state index < -0.39 is 0 Å². The van der Waals surface area contributed by atoms with E-state index in [1.165, 1.54) is 0 Å². The number of nitrogens with one attached hydrogen (secondary N) is 2. The fraction of sp³-hybridized carbons (Fsp3) is 0.412. The number of hydrogen-bond donors (Lipinski definition) is 2. The molecule has 1 aromatic carbocycles. The molecule has 0 unspecified atom stereocenters. The van der Waals surface area contributed by atoms with Gasteiger partial charge in [0.25, 0.3) is 0 Å². The van der Waals surface area contributed by atoms with Gasteiger partial charge in [0.2, 0.25) is 0 Å². The molecule has 1 aromatic heterocycles. The lowest BCUT2D eigenvalue weighted by molar-refractivity contribution is 0.143. The Morgan fingerprint density at radius 2 is 2.09 bits per heavy atom. The van der Waals surface area contributed by atoms with E-state index in [9.17, 15) is 4.79 Å². The molecule has 2 aromatic rings. The van der Waals surface area contributed by atoms with E-state index in [4.69, 9.17) is 4.74 Å². The van der Waals surface area contributed by atoms with Crippen LogP contribution in [-0.2, 0) is 4.74 Å². The van der Waals surface area contributed by atoms with Crippen molar-refractivity contribution in [3.05, 3.63) is 36.0 Å². The number of fused-ring (bicyclic) bond motifs is 1. The van der Waals surface area contributed by atoms with Gasteiger partial charge in [-0.05, 0) is 38.8 Å². The van der Waals surface area contributed by atoms with Gasteiger partial charge in [0.1, 0.15) is 0 Å². The summed E-state index contributed by atoms with van der Waals surface area (Å²) in [4.78, 5) is 16.4. The van der Waals surface area contributed by atoms with Crippen LogP contribution in [0.15, 0.2) is 30.3 Å². The van der Waals surface area contributed by atoms with Crippen molar-refractivity contribution in [2.24, 2.45) is 0 Å². The molecule has 118 valence electrons. The number of anilines is 1. The van der Waals surface area contributed by atoms with Crippen LogP contribution in [0, 0.1) is 6.92 Å². The summed E-state index contributed by atoms with van der Waals surface area (Å²) in [5.74, 6) is 0. The molecular weight excluding hydrogens is 278 g/mol. The van der Waals surface area contributed by atoms with Gasteiger partial charge < -0.3 is 15.4 Å². The number of aryl methyl sites for hydroxylation is 1. The van der Waals surface area contributed by atoms with Crippen molar-refractivity contribution in [3.8, 4) is 0 Å². The van der Waals surface area contributed by atoms with Crippen molar-refractivity contribution in [1.29, 1.82) is 0 Å². The van der Waals surface area contributed by atoms with Gasteiger partial charge >= 0.3 is 6.03 Å². The van der Waals surface area contributed by atoms with Gasteiger partial charge in [0.05, 0.1) is 11.2 Å². The molecule has 22 heavy (non-hydrogen) atoms. The first-order valence-corrected chi connectivity index (χ1v) is 7.69. The van der Waals surface area contributed by atoms with E-state index in [0.29, 0.717) is 6.54 Å². The van der Waals surface area contributed by atoms with Gasteiger partial charge in [-0.3, -0.25) is 4.98 Å². The second kappa shape index (κ2) is 8.34. The lowest BCUT2D eigenvalue weighted by Crippen LogP contribution is -2.29. The third-order valence-electron chi connectivity index (χ3n) is 3.31. The highest BCUT2D eigenvalue weighted by Crippen LogP contribution is 2.21. The molecule has 0 aliphatic carbocycles. The largest absolute Gasteiger partial charge is 0.382 e. The fourth-order valence-corrected chi connectivity index (χ4v) is 2.19. The summed E-state index contributed by atoms with van der Waals surface area (Å²) in [5, 5.41) is 6.74. The van der Waals surface area contributed by atoms with Crippen molar-refractivity contribution in [2.75, 3.05) is 25.1 Å². The average Bonchev–Trinajstić information content (AvgIpc) is 2.51. The highest BCUT2D eigenvalue weighted by molar-refractivity contribution is 5.99. The molecule has 0 atom stereocenters. The lowest BCUT2D eigenvalue weighted by Gasteiger charge is -2.10. The van der Waals surface area contributed by atoms with Crippen LogP contribution in [0.3, 0.4) is 0 Å². The van der Waals surface area contributed by atoms with Crippen molar-refractivity contribution >= 4 is 22.6 Å². The molecule has 5 nitrogen and oxygen atoms in total. The number of para-hydroxylation sites is 1. The van der Waals surface area contributed by atoms with Gasteiger partial charge in [0, 0.05) is 30.8 Å². The average molecular weight is 301 g/mol. The topological polar surface area (TPSA) is 63.2 Å². The zero-order valence-electron chi connectivity index (χ0n) is 13.2. The van der Waals surface area contributed by atoms with E-state index in [0.717, 1.165) is 48.3 Å². The molecule has 0 aliphatic rings. The number of benzene rings is 1. The minimum Gasteiger partial charge on any atom is -0.382 e. The van der Waals surface area contributed by atoms with E-state index in [2.05, 4.69) is 15.6 Å². The van der Waals surface area contributed by atoms with Gasteiger partial charge in [-0.15, -0.1) is 0 Å². The highest BCUT2D eigenvalue weighted by Gasteiger charge is 2.06. The number of carbonyl (C=O) groups is 1. The number of aromatic nitrogens is 1. The first kappa shape index (κ1) is 16.2. The molecule has 1 heterocycles. The predicted octanol–water partition coefficient (Wildman–Crippen LogP) is 3.48. The number of pyridine rings is 1. The first-order valence-electron chi connectivity index (χ1n) is 7.69. The Hall–Kier alpha value is -2.14. The molecule has 2 rings (SSSR count). The zero-order chi connectivity index (χ0) is 15.8. The molecule has 0 radical (unpaired) electrons. The molecule has 0 spiro atoms. The summed E-state index contributed by atoms with van der Waals surface area (Å²) in [7, 11) is 0. The second-order valence-electron chi connectivity index (χ2n) is 5.11. The van der Waals surface area contributed by atoms with Crippen LogP contribution in [0.2, 0.25) is 0 Å². The Kier molecular flexibility index (Phi) is 6.15. The maximum absolute atomic E-state index is 11.9. The SMILES string of the molecule is CCOCCCCNC(=O)Nc1cccc2ccc(C)nc12. The summed E-state index contributed by atoms with van der Waals surface area (Å²) in [6, 6.07) is 9.53. The summed E-state index contributed by atoms with van der Waals surface area (Å²) in [6.07, 6.45) is 1.85. The smallest absolute Gasteiger partial charge is 0.319 e. The van der Waals surface area contributed by atoms with Gasteiger partial charge in [-0.1, -0.05) is 18.2 Å². The van der Waals surface area contributed by atoms with Crippen molar-refractivity contribution in [2.45, 2.75) is 26.7 Å². The van der Waals surface area contributed by atoms with Crippen molar-refractivity contribution < 1.29 is 9.53 Å². The Morgan fingerprint density at radius 1 is 1.23 bits per heavy atom. The molecule has 0 aliphatic heterocycles. The molecule has 0 saturated heterocycles. The highest BCUT2D eigenvalue weighted by atomic mass is 16.5. The van der Waals surface area contributed by atoms with Crippen LogP contribution in [0.4, 0.5) is 10.5 Å². The lowest BCUT2D eigenvalue weighted by atomic mass is 10.2. The van der Waals surface area contributed by atoms with Crippen LogP contribution in [0.5, 0.6) is 0 Å². The number of rotatable bonds is 7. The standard InChI is InChI=1S/C17H23N3O2/c1-3-22-12-5-4-11-18-17(21)20-15-8-6-7-14-10-9-13(2)19-16(14)15/h6-10H,3-5,11-12H2,1-2H3,(H2,18,20,21). The zero-order valence-corrected chi connectivity index (χ0v) is 13.2. The molecule has 0 bridgehead atoms. The molecule has 0 fully saturated rings. The fourth-order valence-electron chi connectivity index (χ4n) is 2.19. The summed E-state index contributed by atoms with van der Waals surface area (Å²) in [5.41, 5.74) is 2.47. The van der Waals surface area contributed by atoms with E-state index in [-0.39, 0.29) is 6.03 Å². The molecule has 2 amide bonds. The van der Waals surface area contributed by atoms with Gasteiger partial charge in [0.15, 0.2) is 0 Å². The Morgan fingerprint density at radius 3 is 2.91 bits per heavy atom. The van der Waals surface area contributed by atoms with Crippen LogP contribution in [-0.4, -0.2) is 30.8 Å².